The molecule has 0 aromatic heterocycles. The Morgan fingerprint density at radius 3 is 2.31 bits per heavy atom. The van der Waals surface area contributed by atoms with Crippen LogP contribution in [0.15, 0.2) is 24.3 Å². The van der Waals surface area contributed by atoms with Crippen LogP contribution in [-0.4, -0.2) is 60.7 Å². The zero-order valence-corrected chi connectivity index (χ0v) is 16.8. The monoisotopic (exact) mass is 367 g/mol. The number of hydrogen-bond donors (Lipinski definition) is 1. The fourth-order valence-electron chi connectivity index (χ4n) is 2.26. The highest BCUT2D eigenvalue weighted by molar-refractivity contribution is 5.68. The Bertz CT molecular complexity index is 536. The number of aliphatic hydroxyl groups excluding tert-OH is 1. The summed E-state index contributed by atoms with van der Waals surface area (Å²) < 4.78 is 16.1. The predicted octanol–water partition coefficient (Wildman–Crippen LogP) is 3.26. The van der Waals surface area contributed by atoms with Crippen molar-refractivity contribution in [3.63, 3.8) is 0 Å². The van der Waals surface area contributed by atoms with E-state index in [0.717, 1.165) is 12.0 Å². The maximum absolute atomic E-state index is 12.3. The van der Waals surface area contributed by atoms with Crippen molar-refractivity contribution in [2.24, 2.45) is 0 Å². The summed E-state index contributed by atoms with van der Waals surface area (Å²) in [5, 5.41) is 10.3. The Morgan fingerprint density at radius 1 is 1.19 bits per heavy atom. The third kappa shape index (κ3) is 8.54. The van der Waals surface area contributed by atoms with Gasteiger partial charge in [-0.3, -0.25) is 0 Å². The second-order valence-corrected chi connectivity index (χ2v) is 7.58. The average Bonchev–Trinajstić information content (AvgIpc) is 2.55. The Balaban J connectivity index is 2.52. The second-order valence-electron chi connectivity index (χ2n) is 7.58. The van der Waals surface area contributed by atoms with Crippen LogP contribution in [0, 0.1) is 0 Å². The summed E-state index contributed by atoms with van der Waals surface area (Å²) in [6.07, 6.45) is -0.398. The molecule has 26 heavy (non-hydrogen) atoms. The van der Waals surface area contributed by atoms with E-state index in [-0.39, 0.29) is 19.2 Å². The average molecular weight is 367 g/mol. The first-order valence-electron chi connectivity index (χ1n) is 9.00. The molecule has 0 radical (unpaired) electrons. The molecule has 1 unspecified atom stereocenters. The molecule has 0 spiro atoms. The van der Waals surface area contributed by atoms with Crippen molar-refractivity contribution in [3.05, 3.63) is 29.8 Å². The third-order valence-corrected chi connectivity index (χ3v) is 3.62. The van der Waals surface area contributed by atoms with E-state index in [4.69, 9.17) is 14.2 Å². The van der Waals surface area contributed by atoms with Crippen LogP contribution < -0.4 is 4.74 Å². The third-order valence-electron chi connectivity index (χ3n) is 3.62. The number of aliphatic hydroxyl groups is 1. The van der Waals surface area contributed by atoms with Crippen molar-refractivity contribution in [2.75, 3.05) is 26.9 Å². The standard InChI is InChI=1S/C20H33NO5/c1-15(2)21(19(23)26-20(3,4)5)13-17(22)14-25-18-9-7-16(8-10-18)11-12-24-6/h7-10,15,17,22H,11-14H2,1-6H3. The summed E-state index contributed by atoms with van der Waals surface area (Å²) in [4.78, 5) is 13.8. The number of ether oxygens (including phenoxy) is 3. The fourth-order valence-corrected chi connectivity index (χ4v) is 2.26. The summed E-state index contributed by atoms with van der Waals surface area (Å²) in [6.45, 7) is 10.2. The number of benzene rings is 1. The number of methoxy groups -OCH3 is 1. The first-order valence-corrected chi connectivity index (χ1v) is 9.00. The largest absolute Gasteiger partial charge is 0.491 e. The molecule has 1 aromatic rings. The van der Waals surface area contributed by atoms with Gasteiger partial charge < -0.3 is 24.2 Å². The molecule has 6 heteroatoms. The number of nitrogens with zero attached hydrogens (tertiary/aromatic N) is 1. The molecule has 0 aliphatic rings. The number of amides is 1. The molecule has 148 valence electrons. The van der Waals surface area contributed by atoms with E-state index >= 15 is 0 Å². The van der Waals surface area contributed by atoms with Crippen LogP contribution >= 0.6 is 0 Å². The van der Waals surface area contributed by atoms with Crippen LogP contribution in [0.2, 0.25) is 0 Å². The van der Waals surface area contributed by atoms with Crippen LogP contribution in [0.1, 0.15) is 40.2 Å². The van der Waals surface area contributed by atoms with E-state index in [9.17, 15) is 9.90 Å². The molecular formula is C20H33NO5. The van der Waals surface area contributed by atoms with Crippen molar-refractivity contribution in [3.8, 4) is 5.75 Å². The topological polar surface area (TPSA) is 68.2 Å². The van der Waals surface area contributed by atoms with E-state index < -0.39 is 17.8 Å². The molecule has 0 saturated carbocycles. The van der Waals surface area contributed by atoms with Crippen LogP contribution in [0.4, 0.5) is 4.79 Å². The molecule has 0 fully saturated rings. The van der Waals surface area contributed by atoms with Crippen LogP contribution in [0.3, 0.4) is 0 Å². The molecule has 6 nitrogen and oxygen atoms in total. The van der Waals surface area contributed by atoms with Gasteiger partial charge in [0, 0.05) is 13.2 Å². The van der Waals surface area contributed by atoms with Gasteiger partial charge in [0.15, 0.2) is 0 Å². The molecule has 0 aliphatic carbocycles. The Hall–Kier alpha value is -1.79. The van der Waals surface area contributed by atoms with Crippen molar-refractivity contribution >= 4 is 6.09 Å². The highest BCUT2D eigenvalue weighted by atomic mass is 16.6. The maximum atomic E-state index is 12.3. The smallest absolute Gasteiger partial charge is 0.410 e. The van der Waals surface area contributed by atoms with E-state index in [1.807, 2.05) is 58.9 Å². The molecule has 1 N–H and O–H groups in total. The Morgan fingerprint density at radius 2 is 1.81 bits per heavy atom. The van der Waals surface area contributed by atoms with Crippen LogP contribution in [-0.2, 0) is 15.9 Å². The molecule has 1 atom stereocenters. The van der Waals surface area contributed by atoms with Gasteiger partial charge in [0.25, 0.3) is 0 Å². The van der Waals surface area contributed by atoms with Gasteiger partial charge in [-0.15, -0.1) is 0 Å². The lowest BCUT2D eigenvalue weighted by molar-refractivity contribution is 0.00188. The number of hydrogen-bond acceptors (Lipinski definition) is 5. The molecule has 1 rings (SSSR count). The maximum Gasteiger partial charge on any atom is 0.410 e. The van der Waals surface area contributed by atoms with Crippen molar-refractivity contribution in [2.45, 2.75) is 58.8 Å². The van der Waals surface area contributed by atoms with Crippen LogP contribution in [0.5, 0.6) is 5.75 Å². The van der Waals surface area contributed by atoms with Crippen molar-refractivity contribution in [1.82, 2.24) is 4.90 Å². The zero-order chi connectivity index (χ0) is 19.7. The Kier molecular flexibility index (Phi) is 8.88. The van der Waals surface area contributed by atoms with Gasteiger partial charge in [0.05, 0.1) is 13.2 Å². The predicted molar refractivity (Wildman–Crippen MR) is 102 cm³/mol. The van der Waals surface area contributed by atoms with Crippen molar-refractivity contribution in [1.29, 1.82) is 0 Å². The highest BCUT2D eigenvalue weighted by Gasteiger charge is 2.26. The number of rotatable bonds is 9. The number of carbonyl (C=O) groups excluding carboxylic acids is 1. The molecule has 1 aromatic carbocycles. The normalized spacial score (nSPS) is 12.8. The highest BCUT2D eigenvalue weighted by Crippen LogP contribution is 2.15. The minimum atomic E-state index is -0.807. The lowest BCUT2D eigenvalue weighted by Crippen LogP contribution is -2.46. The van der Waals surface area contributed by atoms with E-state index in [1.54, 1.807) is 7.11 Å². The summed E-state index contributed by atoms with van der Waals surface area (Å²) in [6, 6.07) is 7.60. The lowest BCUT2D eigenvalue weighted by Gasteiger charge is -2.31. The second kappa shape index (κ2) is 10.4. The number of carbonyl (C=O) groups is 1. The summed E-state index contributed by atoms with van der Waals surface area (Å²) in [7, 11) is 1.68. The minimum absolute atomic E-state index is 0.0837. The lowest BCUT2D eigenvalue weighted by atomic mass is 10.1. The van der Waals surface area contributed by atoms with Gasteiger partial charge in [0.2, 0.25) is 0 Å². The first kappa shape index (κ1) is 22.3. The molecule has 1 amide bonds. The molecular weight excluding hydrogens is 334 g/mol. The van der Waals surface area contributed by atoms with Gasteiger partial charge in [-0.05, 0) is 58.7 Å². The molecule has 0 bridgehead atoms. The fraction of sp³-hybridized carbons (Fsp3) is 0.650. The summed E-state index contributed by atoms with van der Waals surface area (Å²) >= 11 is 0. The summed E-state index contributed by atoms with van der Waals surface area (Å²) in [5.74, 6) is 0.679. The first-order chi connectivity index (χ1) is 12.1. The SMILES string of the molecule is COCCc1ccc(OCC(O)CN(C(=O)OC(C)(C)C)C(C)C)cc1. The van der Waals surface area contributed by atoms with Crippen LogP contribution in [0.25, 0.3) is 0 Å². The van der Waals surface area contributed by atoms with Crippen molar-refractivity contribution < 1.29 is 24.1 Å². The zero-order valence-electron chi connectivity index (χ0n) is 16.8. The van der Waals surface area contributed by atoms with E-state index in [0.29, 0.717) is 12.4 Å². The van der Waals surface area contributed by atoms with Gasteiger partial charge in [-0.1, -0.05) is 12.1 Å². The minimum Gasteiger partial charge on any atom is -0.491 e. The van der Waals surface area contributed by atoms with E-state index in [1.165, 1.54) is 4.90 Å². The van der Waals surface area contributed by atoms with Gasteiger partial charge in [-0.25, -0.2) is 4.79 Å². The quantitative estimate of drug-likeness (QED) is 0.725. The summed E-state index contributed by atoms with van der Waals surface area (Å²) in [5.41, 5.74) is 0.589. The Labute approximate surface area is 157 Å². The van der Waals surface area contributed by atoms with Gasteiger partial charge in [0.1, 0.15) is 24.1 Å². The molecule has 0 heterocycles. The van der Waals surface area contributed by atoms with Gasteiger partial charge in [-0.2, -0.15) is 0 Å². The van der Waals surface area contributed by atoms with Gasteiger partial charge >= 0.3 is 6.09 Å². The van der Waals surface area contributed by atoms with E-state index in [2.05, 4.69) is 0 Å². The molecule has 0 saturated heterocycles. The molecule has 0 aliphatic heterocycles.